The average molecular weight is 372 g/mol. The van der Waals surface area contributed by atoms with E-state index in [-0.39, 0.29) is 0 Å². The van der Waals surface area contributed by atoms with Crippen LogP contribution in [0.25, 0.3) is 5.69 Å². The molecule has 0 atom stereocenters. The molecule has 27 heavy (non-hydrogen) atoms. The van der Waals surface area contributed by atoms with Crippen LogP contribution >= 0.6 is 11.8 Å². The highest BCUT2D eigenvalue weighted by atomic mass is 32.2. The molecule has 0 saturated carbocycles. The maximum absolute atomic E-state index is 4.52. The standard InChI is InChI=1S/C23H21N3S/c1-18-9-8-14-21(15-18)26-22(16-19-10-4-2-5-11-19)24-25-23(26)27-17-20-12-6-3-7-13-20/h2-15H,16-17H2,1H3. The quantitative estimate of drug-likeness (QED) is 0.422. The van der Waals surface area contributed by atoms with E-state index in [4.69, 9.17) is 0 Å². The van der Waals surface area contributed by atoms with Gasteiger partial charge in [0.1, 0.15) is 5.82 Å². The fraction of sp³-hybridized carbons (Fsp3) is 0.130. The lowest BCUT2D eigenvalue weighted by Crippen LogP contribution is -2.04. The van der Waals surface area contributed by atoms with Crippen molar-refractivity contribution in [2.24, 2.45) is 0 Å². The first-order valence-corrected chi connectivity index (χ1v) is 10.00. The van der Waals surface area contributed by atoms with Gasteiger partial charge < -0.3 is 0 Å². The zero-order chi connectivity index (χ0) is 18.5. The summed E-state index contributed by atoms with van der Waals surface area (Å²) in [6.45, 7) is 2.11. The molecule has 0 aliphatic carbocycles. The third-order valence-corrected chi connectivity index (χ3v) is 5.38. The van der Waals surface area contributed by atoms with Crippen molar-refractivity contribution in [3.05, 3.63) is 107 Å². The molecule has 0 aliphatic heterocycles. The Bertz CT molecular complexity index is 1010. The molecule has 1 heterocycles. The minimum Gasteiger partial charge on any atom is -0.274 e. The topological polar surface area (TPSA) is 30.7 Å². The Morgan fingerprint density at radius 2 is 1.48 bits per heavy atom. The summed E-state index contributed by atoms with van der Waals surface area (Å²) in [7, 11) is 0. The molecule has 134 valence electrons. The van der Waals surface area contributed by atoms with Gasteiger partial charge in [-0.25, -0.2) is 0 Å². The second-order valence-corrected chi connectivity index (χ2v) is 7.45. The summed E-state index contributed by atoms with van der Waals surface area (Å²) in [6.07, 6.45) is 0.758. The Hall–Kier alpha value is -2.85. The van der Waals surface area contributed by atoms with Crippen LogP contribution in [0.3, 0.4) is 0 Å². The van der Waals surface area contributed by atoms with Crippen molar-refractivity contribution in [1.29, 1.82) is 0 Å². The van der Waals surface area contributed by atoms with E-state index in [1.165, 1.54) is 16.7 Å². The van der Waals surface area contributed by atoms with E-state index in [0.29, 0.717) is 0 Å². The van der Waals surface area contributed by atoms with Crippen LogP contribution in [0.1, 0.15) is 22.5 Å². The van der Waals surface area contributed by atoms with Gasteiger partial charge in [0.05, 0.1) is 0 Å². The number of rotatable bonds is 6. The molecule has 1 aromatic heterocycles. The molecule has 0 aliphatic rings. The summed E-state index contributed by atoms with van der Waals surface area (Å²) < 4.78 is 2.19. The maximum Gasteiger partial charge on any atom is 0.196 e. The van der Waals surface area contributed by atoms with Gasteiger partial charge in [-0.1, -0.05) is 84.6 Å². The molecule has 0 spiro atoms. The molecule has 3 nitrogen and oxygen atoms in total. The van der Waals surface area contributed by atoms with Gasteiger partial charge in [-0.3, -0.25) is 4.57 Å². The van der Waals surface area contributed by atoms with E-state index < -0.39 is 0 Å². The zero-order valence-electron chi connectivity index (χ0n) is 15.2. The van der Waals surface area contributed by atoms with Crippen LogP contribution in [0.15, 0.2) is 90.1 Å². The van der Waals surface area contributed by atoms with Crippen LogP contribution in [-0.4, -0.2) is 14.8 Å². The minimum atomic E-state index is 0.758. The van der Waals surface area contributed by atoms with Gasteiger partial charge in [-0.15, -0.1) is 10.2 Å². The van der Waals surface area contributed by atoms with E-state index in [2.05, 4.69) is 94.5 Å². The number of thioether (sulfide) groups is 1. The fourth-order valence-corrected chi connectivity index (χ4v) is 3.96. The van der Waals surface area contributed by atoms with Gasteiger partial charge in [0.15, 0.2) is 5.16 Å². The van der Waals surface area contributed by atoms with Crippen LogP contribution in [0.2, 0.25) is 0 Å². The predicted octanol–water partition coefficient (Wildman–Crippen LogP) is 5.46. The van der Waals surface area contributed by atoms with Gasteiger partial charge in [0.2, 0.25) is 0 Å². The van der Waals surface area contributed by atoms with Crippen LogP contribution in [0.4, 0.5) is 0 Å². The SMILES string of the molecule is Cc1cccc(-n2c(Cc3ccccc3)nnc2SCc2ccccc2)c1. The van der Waals surface area contributed by atoms with Crippen molar-refractivity contribution >= 4 is 11.8 Å². The normalized spacial score (nSPS) is 10.9. The van der Waals surface area contributed by atoms with Crippen molar-refractivity contribution in [1.82, 2.24) is 14.8 Å². The van der Waals surface area contributed by atoms with Crippen molar-refractivity contribution in [2.75, 3.05) is 0 Å². The van der Waals surface area contributed by atoms with Crippen LogP contribution in [-0.2, 0) is 12.2 Å². The second kappa shape index (κ2) is 8.23. The van der Waals surface area contributed by atoms with Crippen LogP contribution < -0.4 is 0 Å². The first kappa shape index (κ1) is 17.6. The number of nitrogens with zero attached hydrogens (tertiary/aromatic N) is 3. The molecule has 0 saturated heterocycles. The molecular formula is C23H21N3S. The second-order valence-electron chi connectivity index (χ2n) is 6.51. The smallest absolute Gasteiger partial charge is 0.196 e. The highest BCUT2D eigenvalue weighted by Gasteiger charge is 2.15. The van der Waals surface area contributed by atoms with E-state index in [0.717, 1.165) is 28.8 Å². The van der Waals surface area contributed by atoms with E-state index in [1.54, 1.807) is 11.8 Å². The van der Waals surface area contributed by atoms with E-state index >= 15 is 0 Å². The molecule has 3 aromatic carbocycles. The highest BCUT2D eigenvalue weighted by Crippen LogP contribution is 2.26. The van der Waals surface area contributed by atoms with Gasteiger partial charge in [-0.2, -0.15) is 0 Å². The monoisotopic (exact) mass is 371 g/mol. The Labute approximate surface area is 164 Å². The number of aryl methyl sites for hydroxylation is 1. The van der Waals surface area contributed by atoms with E-state index in [9.17, 15) is 0 Å². The molecule has 0 amide bonds. The summed E-state index contributed by atoms with van der Waals surface area (Å²) in [6, 6.07) is 29.4. The zero-order valence-corrected chi connectivity index (χ0v) is 16.1. The minimum absolute atomic E-state index is 0.758. The molecule has 4 aromatic rings. The summed E-state index contributed by atoms with van der Waals surface area (Å²) in [5.74, 6) is 1.83. The van der Waals surface area contributed by atoms with Crippen molar-refractivity contribution in [3.63, 3.8) is 0 Å². The molecule has 0 N–H and O–H groups in total. The van der Waals surface area contributed by atoms with Gasteiger partial charge in [0, 0.05) is 17.9 Å². The van der Waals surface area contributed by atoms with Gasteiger partial charge in [-0.05, 0) is 35.7 Å². The maximum atomic E-state index is 4.52. The summed E-state index contributed by atoms with van der Waals surface area (Å²) in [4.78, 5) is 0. The number of hydrogen-bond acceptors (Lipinski definition) is 3. The molecule has 4 rings (SSSR count). The Morgan fingerprint density at radius 1 is 0.778 bits per heavy atom. The molecular weight excluding hydrogens is 350 g/mol. The lowest BCUT2D eigenvalue weighted by molar-refractivity contribution is 0.846. The van der Waals surface area contributed by atoms with Gasteiger partial charge >= 0.3 is 0 Å². The fourth-order valence-electron chi connectivity index (χ4n) is 3.04. The molecule has 0 unspecified atom stereocenters. The average Bonchev–Trinajstić information content (AvgIpc) is 3.10. The molecule has 0 bridgehead atoms. The highest BCUT2D eigenvalue weighted by molar-refractivity contribution is 7.98. The van der Waals surface area contributed by atoms with Gasteiger partial charge in [0.25, 0.3) is 0 Å². The lowest BCUT2D eigenvalue weighted by Gasteiger charge is -2.11. The number of aromatic nitrogens is 3. The first-order valence-electron chi connectivity index (χ1n) is 9.01. The Balaban J connectivity index is 1.68. The first-order chi connectivity index (χ1) is 13.3. The molecule has 4 heteroatoms. The van der Waals surface area contributed by atoms with E-state index in [1.807, 2.05) is 12.1 Å². The summed E-state index contributed by atoms with van der Waals surface area (Å²) >= 11 is 1.72. The number of hydrogen-bond donors (Lipinski definition) is 0. The van der Waals surface area contributed by atoms with Crippen molar-refractivity contribution in [3.8, 4) is 5.69 Å². The van der Waals surface area contributed by atoms with Crippen LogP contribution in [0, 0.1) is 6.92 Å². The Kier molecular flexibility index (Phi) is 5.35. The summed E-state index contributed by atoms with van der Waals surface area (Å²) in [5, 5.41) is 9.96. The largest absolute Gasteiger partial charge is 0.274 e. The third-order valence-electron chi connectivity index (χ3n) is 4.38. The summed E-state index contributed by atoms with van der Waals surface area (Å²) in [5.41, 5.74) is 4.86. The Morgan fingerprint density at radius 3 is 2.19 bits per heavy atom. The molecule has 0 fully saturated rings. The lowest BCUT2D eigenvalue weighted by atomic mass is 10.1. The number of benzene rings is 3. The van der Waals surface area contributed by atoms with Crippen molar-refractivity contribution < 1.29 is 0 Å². The van der Waals surface area contributed by atoms with Crippen molar-refractivity contribution in [2.45, 2.75) is 24.3 Å². The molecule has 0 radical (unpaired) electrons. The predicted molar refractivity (Wildman–Crippen MR) is 111 cm³/mol. The third kappa shape index (κ3) is 4.29. The van der Waals surface area contributed by atoms with Crippen LogP contribution in [0.5, 0.6) is 0 Å².